The molecule has 0 unspecified atom stereocenters. The van der Waals surface area contributed by atoms with Crippen LogP contribution in [0.25, 0.3) is 11.4 Å². The quantitative estimate of drug-likeness (QED) is 0.761. The molecule has 0 amide bonds. The summed E-state index contributed by atoms with van der Waals surface area (Å²) in [7, 11) is 0. The van der Waals surface area contributed by atoms with Gasteiger partial charge in [0.05, 0.1) is 0 Å². The van der Waals surface area contributed by atoms with Gasteiger partial charge in [-0.05, 0) is 24.6 Å². The first-order valence-electron chi connectivity index (χ1n) is 5.23. The van der Waals surface area contributed by atoms with Crippen molar-refractivity contribution in [2.75, 3.05) is 0 Å². The molecule has 4 heteroatoms. The average molecular weight is 230 g/mol. The molecule has 2 rings (SSSR count). The number of terminal acetylenes is 1. The molecule has 1 aromatic carbocycles. The molecular formula is C13H11FN2O. The Labute approximate surface area is 98.7 Å². The van der Waals surface area contributed by atoms with E-state index in [9.17, 15) is 4.39 Å². The SMILES string of the molecule is C#CCCc1nc(-c2cc(F)ccc2C)no1. The van der Waals surface area contributed by atoms with E-state index in [2.05, 4.69) is 16.1 Å². The van der Waals surface area contributed by atoms with E-state index in [1.807, 2.05) is 6.92 Å². The van der Waals surface area contributed by atoms with Gasteiger partial charge in [-0.2, -0.15) is 4.98 Å². The Hall–Kier alpha value is -2.15. The molecule has 0 saturated carbocycles. The zero-order chi connectivity index (χ0) is 12.3. The number of benzene rings is 1. The fraction of sp³-hybridized carbons (Fsp3) is 0.231. The minimum absolute atomic E-state index is 0.319. The first-order valence-corrected chi connectivity index (χ1v) is 5.23. The second-order valence-electron chi connectivity index (χ2n) is 3.68. The number of rotatable bonds is 3. The second kappa shape index (κ2) is 4.79. The molecular weight excluding hydrogens is 219 g/mol. The van der Waals surface area contributed by atoms with E-state index >= 15 is 0 Å². The van der Waals surface area contributed by atoms with Crippen LogP contribution in [0.5, 0.6) is 0 Å². The van der Waals surface area contributed by atoms with Crippen LogP contribution in [0, 0.1) is 25.1 Å². The van der Waals surface area contributed by atoms with Crippen molar-refractivity contribution in [2.24, 2.45) is 0 Å². The van der Waals surface area contributed by atoms with Crippen LogP contribution in [0.3, 0.4) is 0 Å². The summed E-state index contributed by atoms with van der Waals surface area (Å²) in [5, 5.41) is 3.82. The van der Waals surface area contributed by atoms with Gasteiger partial charge in [0, 0.05) is 18.4 Å². The number of hydrogen-bond donors (Lipinski definition) is 0. The number of nitrogens with zero attached hydrogens (tertiary/aromatic N) is 2. The second-order valence-corrected chi connectivity index (χ2v) is 3.68. The van der Waals surface area contributed by atoms with Crippen molar-refractivity contribution in [1.29, 1.82) is 0 Å². The maximum absolute atomic E-state index is 13.1. The predicted molar refractivity (Wildman–Crippen MR) is 61.6 cm³/mol. The first kappa shape index (κ1) is 11.3. The molecule has 0 aliphatic heterocycles. The van der Waals surface area contributed by atoms with Crippen molar-refractivity contribution >= 4 is 0 Å². The van der Waals surface area contributed by atoms with Gasteiger partial charge in [-0.3, -0.25) is 0 Å². The molecule has 0 aliphatic carbocycles. The highest BCUT2D eigenvalue weighted by molar-refractivity contribution is 5.59. The summed E-state index contributed by atoms with van der Waals surface area (Å²) in [5.74, 6) is 3.05. The van der Waals surface area contributed by atoms with E-state index in [1.54, 1.807) is 6.07 Å². The summed E-state index contributed by atoms with van der Waals surface area (Å²) < 4.78 is 18.2. The molecule has 2 aromatic rings. The third kappa shape index (κ3) is 2.51. The highest BCUT2D eigenvalue weighted by atomic mass is 19.1. The van der Waals surface area contributed by atoms with Gasteiger partial charge in [-0.25, -0.2) is 4.39 Å². The lowest BCUT2D eigenvalue weighted by Gasteiger charge is -1.99. The van der Waals surface area contributed by atoms with Crippen molar-refractivity contribution in [3.8, 4) is 23.7 Å². The highest BCUT2D eigenvalue weighted by Gasteiger charge is 2.11. The van der Waals surface area contributed by atoms with Gasteiger partial charge in [-0.1, -0.05) is 11.2 Å². The Kier molecular flexibility index (Phi) is 3.20. The number of aryl methyl sites for hydroxylation is 2. The molecule has 86 valence electrons. The molecule has 0 fully saturated rings. The molecule has 0 aliphatic rings. The van der Waals surface area contributed by atoms with Crippen molar-refractivity contribution in [3.63, 3.8) is 0 Å². The molecule has 17 heavy (non-hydrogen) atoms. The molecule has 1 aromatic heterocycles. The average Bonchev–Trinajstić information content (AvgIpc) is 2.78. The fourth-order valence-electron chi connectivity index (χ4n) is 1.48. The predicted octanol–water partition coefficient (Wildman–Crippen LogP) is 2.75. The largest absolute Gasteiger partial charge is 0.339 e. The van der Waals surface area contributed by atoms with E-state index in [1.165, 1.54) is 12.1 Å². The standard InChI is InChI=1S/C13H11FN2O/c1-3-4-5-12-15-13(16-17-12)11-8-10(14)7-6-9(11)2/h1,6-8H,4-5H2,2H3. The maximum Gasteiger partial charge on any atom is 0.227 e. The number of halogens is 1. The topological polar surface area (TPSA) is 38.9 Å². The van der Waals surface area contributed by atoms with Crippen molar-refractivity contribution < 1.29 is 8.91 Å². The van der Waals surface area contributed by atoms with Crippen molar-refractivity contribution in [2.45, 2.75) is 19.8 Å². The van der Waals surface area contributed by atoms with E-state index in [-0.39, 0.29) is 5.82 Å². The van der Waals surface area contributed by atoms with Gasteiger partial charge < -0.3 is 4.52 Å². The molecule has 0 spiro atoms. The molecule has 3 nitrogen and oxygen atoms in total. The van der Waals surface area contributed by atoms with Gasteiger partial charge >= 0.3 is 0 Å². The summed E-state index contributed by atoms with van der Waals surface area (Å²) in [6.45, 7) is 1.87. The monoisotopic (exact) mass is 230 g/mol. The van der Waals surface area contributed by atoms with Crippen LogP contribution in [0.2, 0.25) is 0 Å². The maximum atomic E-state index is 13.1. The summed E-state index contributed by atoms with van der Waals surface area (Å²) >= 11 is 0. The van der Waals surface area contributed by atoms with Gasteiger partial charge in [-0.15, -0.1) is 12.3 Å². The fourth-order valence-corrected chi connectivity index (χ4v) is 1.48. The lowest BCUT2D eigenvalue weighted by molar-refractivity contribution is 0.380. The van der Waals surface area contributed by atoms with Crippen molar-refractivity contribution in [3.05, 3.63) is 35.5 Å². The smallest absolute Gasteiger partial charge is 0.227 e. The van der Waals surface area contributed by atoms with Crippen LogP contribution in [0.4, 0.5) is 4.39 Å². The Morgan fingerprint density at radius 2 is 2.29 bits per heavy atom. The van der Waals surface area contributed by atoms with E-state index in [4.69, 9.17) is 10.9 Å². The van der Waals surface area contributed by atoms with E-state index in [0.29, 0.717) is 30.1 Å². The van der Waals surface area contributed by atoms with Crippen LogP contribution in [-0.4, -0.2) is 10.1 Å². The molecule has 0 atom stereocenters. The summed E-state index contributed by atoms with van der Waals surface area (Å²) in [6.07, 6.45) is 6.23. The lowest BCUT2D eigenvalue weighted by Crippen LogP contribution is -1.88. The molecule has 1 heterocycles. The zero-order valence-electron chi connectivity index (χ0n) is 9.40. The summed E-state index contributed by atoms with van der Waals surface area (Å²) in [5.41, 5.74) is 1.54. The number of hydrogen-bond acceptors (Lipinski definition) is 3. The Morgan fingerprint density at radius 1 is 1.47 bits per heavy atom. The third-order valence-corrected chi connectivity index (χ3v) is 2.39. The molecule has 0 N–H and O–H groups in total. The van der Waals surface area contributed by atoms with Gasteiger partial charge in [0.1, 0.15) is 5.82 Å². The Bertz CT molecular complexity index is 569. The molecule has 0 bridgehead atoms. The van der Waals surface area contributed by atoms with E-state index in [0.717, 1.165) is 5.56 Å². The minimum Gasteiger partial charge on any atom is -0.339 e. The van der Waals surface area contributed by atoms with Crippen LogP contribution in [0.1, 0.15) is 17.9 Å². The minimum atomic E-state index is -0.319. The van der Waals surface area contributed by atoms with Gasteiger partial charge in [0.2, 0.25) is 11.7 Å². The molecule has 0 radical (unpaired) electrons. The van der Waals surface area contributed by atoms with Crippen LogP contribution >= 0.6 is 0 Å². The Balaban J connectivity index is 2.30. The van der Waals surface area contributed by atoms with Gasteiger partial charge in [0.25, 0.3) is 0 Å². The first-order chi connectivity index (χ1) is 8.20. The summed E-state index contributed by atoms with van der Waals surface area (Å²) in [4.78, 5) is 4.18. The van der Waals surface area contributed by atoms with Crippen LogP contribution in [0.15, 0.2) is 22.7 Å². The zero-order valence-corrected chi connectivity index (χ0v) is 9.40. The van der Waals surface area contributed by atoms with E-state index < -0.39 is 0 Å². The van der Waals surface area contributed by atoms with Gasteiger partial charge in [0.15, 0.2) is 0 Å². The molecule has 0 saturated heterocycles. The lowest BCUT2D eigenvalue weighted by atomic mass is 10.1. The number of aromatic nitrogens is 2. The van der Waals surface area contributed by atoms with Crippen LogP contribution < -0.4 is 0 Å². The third-order valence-electron chi connectivity index (χ3n) is 2.39. The highest BCUT2D eigenvalue weighted by Crippen LogP contribution is 2.21. The summed E-state index contributed by atoms with van der Waals surface area (Å²) in [6, 6.07) is 4.48. The Morgan fingerprint density at radius 3 is 3.06 bits per heavy atom. The normalized spacial score (nSPS) is 10.2. The van der Waals surface area contributed by atoms with Crippen molar-refractivity contribution in [1.82, 2.24) is 10.1 Å². The van der Waals surface area contributed by atoms with Crippen LogP contribution in [-0.2, 0) is 6.42 Å².